The summed E-state index contributed by atoms with van der Waals surface area (Å²) in [5, 5.41) is 0. The number of halogens is 1. The minimum absolute atomic E-state index is 0.0665. The Morgan fingerprint density at radius 3 is 2.56 bits per heavy atom. The van der Waals surface area contributed by atoms with Crippen LogP contribution in [0.15, 0.2) is 18.2 Å². The van der Waals surface area contributed by atoms with Crippen molar-refractivity contribution >= 4 is 5.78 Å². The number of carbonyl (C=O) groups is 1. The largest absolute Gasteiger partial charge is 0.309 e. The molecule has 0 heterocycles. The van der Waals surface area contributed by atoms with Gasteiger partial charge >= 0.3 is 0 Å². The van der Waals surface area contributed by atoms with Gasteiger partial charge < -0.3 is 4.90 Å². The van der Waals surface area contributed by atoms with Crippen LogP contribution in [0.2, 0.25) is 0 Å². The Hall–Kier alpha value is -1.22. The molecule has 0 aliphatic carbocycles. The first-order valence-corrected chi connectivity index (χ1v) is 5.37. The zero-order valence-corrected chi connectivity index (χ0v) is 10.2. The SMILES string of the molecule is Cc1cc(C(=O)C(C)CN(C)C)ccc1F. The molecule has 1 aromatic rings. The number of carbonyl (C=O) groups excluding carboxylic acids is 1. The van der Waals surface area contributed by atoms with Gasteiger partial charge in [-0.15, -0.1) is 0 Å². The van der Waals surface area contributed by atoms with Crippen LogP contribution in [-0.4, -0.2) is 31.3 Å². The van der Waals surface area contributed by atoms with Crippen molar-refractivity contribution in [3.8, 4) is 0 Å². The molecule has 1 atom stereocenters. The molecule has 0 saturated carbocycles. The van der Waals surface area contributed by atoms with Crippen LogP contribution < -0.4 is 0 Å². The highest BCUT2D eigenvalue weighted by Gasteiger charge is 2.16. The van der Waals surface area contributed by atoms with Crippen LogP contribution in [0.25, 0.3) is 0 Å². The van der Waals surface area contributed by atoms with E-state index >= 15 is 0 Å². The first-order valence-electron chi connectivity index (χ1n) is 5.37. The number of benzene rings is 1. The minimum atomic E-state index is -0.267. The van der Waals surface area contributed by atoms with Crippen molar-refractivity contribution < 1.29 is 9.18 Å². The highest BCUT2D eigenvalue weighted by Crippen LogP contribution is 2.14. The summed E-state index contributed by atoms with van der Waals surface area (Å²) in [5.41, 5.74) is 1.11. The molecule has 3 heteroatoms. The minimum Gasteiger partial charge on any atom is -0.309 e. The van der Waals surface area contributed by atoms with E-state index in [9.17, 15) is 9.18 Å². The second-order valence-corrected chi connectivity index (χ2v) is 4.49. The number of rotatable bonds is 4. The molecule has 16 heavy (non-hydrogen) atoms. The van der Waals surface area contributed by atoms with Crippen LogP contribution >= 0.6 is 0 Å². The van der Waals surface area contributed by atoms with E-state index in [1.807, 2.05) is 25.9 Å². The van der Waals surface area contributed by atoms with Gasteiger partial charge in [0.1, 0.15) is 5.82 Å². The average molecular weight is 223 g/mol. The van der Waals surface area contributed by atoms with E-state index in [0.29, 0.717) is 17.7 Å². The van der Waals surface area contributed by atoms with E-state index in [1.54, 1.807) is 19.1 Å². The summed E-state index contributed by atoms with van der Waals surface area (Å²) in [5.74, 6) is -0.270. The predicted molar refractivity (Wildman–Crippen MR) is 63.2 cm³/mol. The van der Waals surface area contributed by atoms with Gasteiger partial charge in [-0.3, -0.25) is 4.79 Å². The molecule has 0 aromatic heterocycles. The van der Waals surface area contributed by atoms with Gasteiger partial charge in [0.05, 0.1) is 0 Å². The molecular formula is C13H18FNO. The summed E-state index contributed by atoms with van der Waals surface area (Å²) < 4.78 is 13.1. The van der Waals surface area contributed by atoms with Gasteiger partial charge in [0, 0.05) is 18.0 Å². The Morgan fingerprint density at radius 2 is 2.06 bits per heavy atom. The molecule has 2 nitrogen and oxygen atoms in total. The molecule has 88 valence electrons. The number of aryl methyl sites for hydroxylation is 1. The summed E-state index contributed by atoms with van der Waals surface area (Å²) >= 11 is 0. The number of hydrogen-bond donors (Lipinski definition) is 0. The second-order valence-electron chi connectivity index (χ2n) is 4.49. The molecule has 0 spiro atoms. The molecule has 0 aliphatic rings. The Morgan fingerprint density at radius 1 is 1.44 bits per heavy atom. The zero-order valence-electron chi connectivity index (χ0n) is 10.2. The lowest BCUT2D eigenvalue weighted by molar-refractivity contribution is 0.0910. The third-order valence-electron chi connectivity index (χ3n) is 2.53. The smallest absolute Gasteiger partial charge is 0.166 e. The fraction of sp³-hybridized carbons (Fsp3) is 0.462. The van der Waals surface area contributed by atoms with Crippen LogP contribution in [0.3, 0.4) is 0 Å². The van der Waals surface area contributed by atoms with E-state index in [2.05, 4.69) is 0 Å². The van der Waals surface area contributed by atoms with Crippen molar-refractivity contribution in [2.75, 3.05) is 20.6 Å². The van der Waals surface area contributed by atoms with Crippen molar-refractivity contribution in [1.82, 2.24) is 4.90 Å². The van der Waals surface area contributed by atoms with Crippen molar-refractivity contribution in [2.45, 2.75) is 13.8 Å². The summed E-state index contributed by atoms with van der Waals surface area (Å²) in [6.45, 7) is 4.26. The molecule has 0 aliphatic heterocycles. The maximum Gasteiger partial charge on any atom is 0.166 e. The second kappa shape index (κ2) is 5.21. The zero-order chi connectivity index (χ0) is 12.3. The maximum atomic E-state index is 13.1. The molecule has 0 bridgehead atoms. The molecule has 0 amide bonds. The molecular weight excluding hydrogens is 205 g/mol. The van der Waals surface area contributed by atoms with E-state index in [0.717, 1.165) is 0 Å². The normalized spacial score (nSPS) is 12.9. The number of Topliss-reactive ketones (excluding diaryl/α,β-unsaturated/α-hetero) is 1. The van der Waals surface area contributed by atoms with Crippen molar-refractivity contribution in [3.05, 3.63) is 35.1 Å². The quantitative estimate of drug-likeness (QED) is 0.731. The van der Waals surface area contributed by atoms with E-state index in [4.69, 9.17) is 0 Å². The molecule has 0 radical (unpaired) electrons. The Labute approximate surface area is 96.1 Å². The monoisotopic (exact) mass is 223 g/mol. The first-order chi connectivity index (χ1) is 7.41. The summed E-state index contributed by atoms with van der Waals surface area (Å²) in [6.07, 6.45) is 0. The van der Waals surface area contributed by atoms with Crippen LogP contribution in [0.5, 0.6) is 0 Å². The molecule has 1 rings (SSSR count). The Bertz CT molecular complexity index is 388. The molecule has 0 N–H and O–H groups in total. The van der Waals surface area contributed by atoms with Gasteiger partial charge in [-0.05, 0) is 44.8 Å². The topological polar surface area (TPSA) is 20.3 Å². The van der Waals surface area contributed by atoms with Crippen LogP contribution in [0.1, 0.15) is 22.8 Å². The fourth-order valence-electron chi connectivity index (χ4n) is 1.71. The average Bonchev–Trinajstić information content (AvgIpc) is 2.20. The number of ketones is 1. The van der Waals surface area contributed by atoms with Crippen molar-refractivity contribution in [2.24, 2.45) is 5.92 Å². The Balaban J connectivity index is 2.84. The summed E-state index contributed by atoms with van der Waals surface area (Å²) in [6, 6.07) is 4.52. The van der Waals surface area contributed by atoms with Crippen LogP contribution in [-0.2, 0) is 0 Å². The van der Waals surface area contributed by atoms with Gasteiger partial charge in [-0.1, -0.05) is 6.92 Å². The first kappa shape index (κ1) is 12.8. The lowest BCUT2D eigenvalue weighted by Gasteiger charge is -2.16. The van der Waals surface area contributed by atoms with E-state index in [1.165, 1.54) is 6.07 Å². The Kier molecular flexibility index (Phi) is 4.19. The van der Waals surface area contributed by atoms with Crippen LogP contribution in [0, 0.1) is 18.7 Å². The highest BCUT2D eigenvalue weighted by molar-refractivity contribution is 5.97. The van der Waals surface area contributed by atoms with Crippen LogP contribution in [0.4, 0.5) is 4.39 Å². The lowest BCUT2D eigenvalue weighted by Crippen LogP contribution is -2.25. The van der Waals surface area contributed by atoms with Crippen molar-refractivity contribution in [3.63, 3.8) is 0 Å². The predicted octanol–water partition coefficient (Wildman–Crippen LogP) is 2.51. The van der Waals surface area contributed by atoms with Gasteiger partial charge in [-0.2, -0.15) is 0 Å². The number of hydrogen-bond acceptors (Lipinski definition) is 2. The fourth-order valence-corrected chi connectivity index (χ4v) is 1.71. The summed E-state index contributed by atoms with van der Waals surface area (Å²) in [4.78, 5) is 14.0. The summed E-state index contributed by atoms with van der Waals surface area (Å²) in [7, 11) is 3.86. The third kappa shape index (κ3) is 3.14. The molecule has 0 fully saturated rings. The van der Waals surface area contributed by atoms with Gasteiger partial charge in [0.15, 0.2) is 5.78 Å². The standard InChI is InChI=1S/C13H18FNO/c1-9-7-11(5-6-12(9)14)13(16)10(2)8-15(3)4/h5-7,10H,8H2,1-4H3. The molecule has 1 aromatic carbocycles. The van der Waals surface area contributed by atoms with Gasteiger partial charge in [0.25, 0.3) is 0 Å². The number of nitrogens with zero attached hydrogens (tertiary/aromatic N) is 1. The third-order valence-corrected chi connectivity index (χ3v) is 2.53. The molecule has 0 saturated heterocycles. The lowest BCUT2D eigenvalue weighted by atomic mass is 9.97. The van der Waals surface area contributed by atoms with Gasteiger partial charge in [0.2, 0.25) is 0 Å². The molecule has 1 unspecified atom stereocenters. The highest BCUT2D eigenvalue weighted by atomic mass is 19.1. The van der Waals surface area contributed by atoms with Gasteiger partial charge in [-0.25, -0.2) is 4.39 Å². The van der Waals surface area contributed by atoms with E-state index < -0.39 is 0 Å². The van der Waals surface area contributed by atoms with Crippen molar-refractivity contribution in [1.29, 1.82) is 0 Å². The maximum absolute atomic E-state index is 13.1. The van der Waals surface area contributed by atoms with E-state index in [-0.39, 0.29) is 17.5 Å².